The van der Waals surface area contributed by atoms with Gasteiger partial charge >= 0.3 is 0 Å². The summed E-state index contributed by atoms with van der Waals surface area (Å²) in [6, 6.07) is 13.0. The number of aromatic amines is 2. The van der Waals surface area contributed by atoms with Gasteiger partial charge in [0.25, 0.3) is 0 Å². The van der Waals surface area contributed by atoms with Crippen LogP contribution in [0.25, 0.3) is 46.4 Å². The van der Waals surface area contributed by atoms with Crippen molar-refractivity contribution in [2.75, 3.05) is 0 Å². The van der Waals surface area contributed by atoms with Gasteiger partial charge in [-0.15, -0.1) is 0 Å². The van der Waals surface area contributed by atoms with Crippen molar-refractivity contribution in [2.45, 2.75) is 4.90 Å². The number of rotatable bonds is 1. The molecule has 28 heavy (non-hydrogen) atoms. The lowest BCUT2D eigenvalue weighted by Gasteiger charge is -1.99. The maximum Gasteiger partial charge on any atom is 0.242 e. The van der Waals surface area contributed by atoms with Gasteiger partial charge in [0.05, 0.1) is 28.3 Å². The van der Waals surface area contributed by atoms with E-state index in [1.165, 1.54) is 0 Å². The van der Waals surface area contributed by atoms with Crippen LogP contribution in [0.15, 0.2) is 47.4 Å². The van der Waals surface area contributed by atoms with E-state index in [0.717, 1.165) is 27.9 Å². The second-order valence-electron chi connectivity index (χ2n) is 6.55. The molecule has 0 aromatic carbocycles. The van der Waals surface area contributed by atoms with Crippen LogP contribution in [0.2, 0.25) is 0 Å². The molecule has 0 saturated carbocycles. The smallest absolute Gasteiger partial charge is 0.242 e. The third-order valence-corrected chi connectivity index (χ3v) is 5.45. The van der Waals surface area contributed by atoms with Crippen LogP contribution in [0.1, 0.15) is 22.8 Å². The zero-order valence-electron chi connectivity index (χ0n) is 14.5. The Labute approximate surface area is 160 Å². The van der Waals surface area contributed by atoms with Gasteiger partial charge in [0.1, 0.15) is 4.90 Å². The molecule has 7 nitrogen and oxygen atoms in total. The van der Waals surface area contributed by atoms with Gasteiger partial charge in [0.2, 0.25) is 10.0 Å². The lowest BCUT2D eigenvalue weighted by Crippen LogP contribution is -2.14. The fourth-order valence-electron chi connectivity index (χ4n) is 3.28. The molecule has 0 spiro atoms. The van der Waals surface area contributed by atoms with E-state index in [1.807, 2.05) is 36.4 Å². The summed E-state index contributed by atoms with van der Waals surface area (Å²) in [6.45, 7) is 0. The second-order valence-corrected chi connectivity index (χ2v) is 8.05. The number of H-pyrrole nitrogens is 2. The minimum Gasteiger partial charge on any atom is -0.355 e. The largest absolute Gasteiger partial charge is 0.355 e. The van der Waals surface area contributed by atoms with E-state index in [-0.39, 0.29) is 10.6 Å². The summed E-state index contributed by atoms with van der Waals surface area (Å²) in [5.41, 5.74) is 5.36. The summed E-state index contributed by atoms with van der Waals surface area (Å²) in [4.78, 5) is 15.3. The van der Waals surface area contributed by atoms with Crippen LogP contribution in [0.5, 0.6) is 0 Å². The fraction of sp³-hybridized carbons (Fsp3) is 0. The number of nitrogens with one attached hydrogen (secondary N) is 2. The van der Waals surface area contributed by atoms with Crippen molar-refractivity contribution in [3.05, 3.63) is 65.2 Å². The summed E-state index contributed by atoms with van der Waals surface area (Å²) in [5, 5.41) is 5.49. The first-order valence-corrected chi connectivity index (χ1v) is 10.1. The molecule has 0 saturated heterocycles. The third-order valence-electron chi connectivity index (χ3n) is 4.46. The van der Waals surface area contributed by atoms with E-state index in [1.54, 1.807) is 30.4 Å². The van der Waals surface area contributed by atoms with Crippen molar-refractivity contribution in [1.29, 1.82) is 0 Å². The zero-order valence-corrected chi connectivity index (χ0v) is 15.4. The van der Waals surface area contributed by atoms with Gasteiger partial charge in [-0.25, -0.2) is 23.5 Å². The van der Waals surface area contributed by atoms with E-state index in [2.05, 4.69) is 19.9 Å². The highest BCUT2D eigenvalue weighted by Gasteiger charge is 2.18. The number of nitrogens with two attached hydrogens (primary N) is 1. The van der Waals surface area contributed by atoms with Crippen molar-refractivity contribution in [1.82, 2.24) is 19.9 Å². The molecule has 5 heterocycles. The fourth-order valence-corrected chi connectivity index (χ4v) is 4.11. The molecule has 4 N–H and O–H groups in total. The van der Waals surface area contributed by atoms with Crippen molar-refractivity contribution in [3.63, 3.8) is 0 Å². The minimum atomic E-state index is -4.00. The lowest BCUT2D eigenvalue weighted by molar-refractivity contribution is 0.598. The monoisotopic (exact) mass is 389 g/mol. The van der Waals surface area contributed by atoms with E-state index in [9.17, 15) is 8.42 Å². The van der Waals surface area contributed by atoms with E-state index >= 15 is 0 Å². The van der Waals surface area contributed by atoms with Crippen LogP contribution in [0, 0.1) is 0 Å². The zero-order chi connectivity index (χ0) is 19.3. The van der Waals surface area contributed by atoms with Gasteiger partial charge < -0.3 is 9.97 Å². The molecule has 3 aromatic rings. The summed E-state index contributed by atoms with van der Waals surface area (Å²) in [6.07, 6.45) is 7.18. The maximum absolute atomic E-state index is 12.3. The molecule has 5 rings (SSSR count). The molecule has 2 aliphatic rings. The molecule has 0 amide bonds. The molecule has 8 heteroatoms. The highest BCUT2D eigenvalue weighted by Crippen LogP contribution is 2.23. The van der Waals surface area contributed by atoms with Gasteiger partial charge in [-0.1, -0.05) is 0 Å². The molecule has 0 atom stereocenters. The number of hydrogen-bond acceptors (Lipinski definition) is 4. The van der Waals surface area contributed by atoms with Gasteiger partial charge in [0, 0.05) is 16.6 Å². The summed E-state index contributed by atoms with van der Waals surface area (Å²) < 4.78 is 24.5. The Morgan fingerprint density at radius 3 is 2.11 bits per heavy atom. The van der Waals surface area contributed by atoms with Crippen molar-refractivity contribution >= 4 is 56.4 Å². The first kappa shape index (κ1) is 16.7. The molecular weight excluding hydrogens is 374 g/mol. The Balaban J connectivity index is 1.93. The van der Waals surface area contributed by atoms with Crippen LogP contribution in [-0.4, -0.2) is 28.4 Å². The van der Waals surface area contributed by atoms with Crippen LogP contribution < -0.4 is 5.14 Å². The van der Waals surface area contributed by atoms with Crippen molar-refractivity contribution in [2.24, 2.45) is 5.14 Å². The van der Waals surface area contributed by atoms with Crippen molar-refractivity contribution < 1.29 is 8.42 Å². The number of fused-ring (bicyclic) bond motifs is 8. The first-order valence-electron chi connectivity index (χ1n) is 8.54. The van der Waals surface area contributed by atoms with Crippen molar-refractivity contribution in [3.8, 4) is 0 Å². The number of hydrogen-bond donors (Lipinski definition) is 3. The van der Waals surface area contributed by atoms with Gasteiger partial charge in [0.15, 0.2) is 0 Å². The molecule has 0 radical (unpaired) electrons. The van der Waals surface area contributed by atoms with Crippen LogP contribution in [0.4, 0.5) is 0 Å². The second kappa shape index (κ2) is 6.01. The summed E-state index contributed by atoms with van der Waals surface area (Å²) in [7, 11) is -4.00. The van der Waals surface area contributed by atoms with E-state index in [0.29, 0.717) is 11.2 Å². The third kappa shape index (κ3) is 3.04. The van der Waals surface area contributed by atoms with Crippen LogP contribution in [-0.2, 0) is 10.0 Å². The van der Waals surface area contributed by atoms with E-state index in [4.69, 9.17) is 5.14 Å². The van der Waals surface area contributed by atoms with E-state index < -0.39 is 10.0 Å². The Bertz CT molecular complexity index is 1440. The Morgan fingerprint density at radius 2 is 1.32 bits per heavy atom. The van der Waals surface area contributed by atoms with Crippen LogP contribution >= 0.6 is 0 Å². The highest BCUT2D eigenvalue weighted by atomic mass is 32.2. The molecule has 3 aromatic heterocycles. The predicted molar refractivity (Wildman–Crippen MR) is 110 cm³/mol. The average molecular weight is 389 g/mol. The predicted octanol–water partition coefficient (Wildman–Crippen LogP) is 3.30. The summed E-state index contributed by atoms with van der Waals surface area (Å²) in [5.74, 6) is 0. The minimum absolute atomic E-state index is 0.0458. The molecular formula is C20H15N5O2S. The Morgan fingerprint density at radius 1 is 0.714 bits per heavy atom. The molecule has 0 aliphatic carbocycles. The molecule has 2 aliphatic heterocycles. The molecule has 0 fully saturated rings. The number of nitrogens with zero attached hydrogens (tertiary/aromatic N) is 2. The SMILES string of the molecule is NS(=O)(=O)c1c2nc(cc3nc(cc4ccc(cc5ccc1[nH]5)[nH]4)C=C3)C=C2. The van der Waals surface area contributed by atoms with Gasteiger partial charge in [-0.2, -0.15) is 0 Å². The molecule has 8 bridgehead atoms. The first-order chi connectivity index (χ1) is 13.4. The average Bonchev–Trinajstić information content (AvgIpc) is 3.38. The number of sulfonamides is 1. The lowest BCUT2D eigenvalue weighted by atomic mass is 10.3. The Kier molecular flexibility index (Phi) is 3.58. The van der Waals surface area contributed by atoms with Crippen LogP contribution in [0.3, 0.4) is 0 Å². The quantitative estimate of drug-likeness (QED) is 0.408. The highest BCUT2D eigenvalue weighted by molar-refractivity contribution is 7.89. The number of primary sulfonamides is 1. The van der Waals surface area contributed by atoms with Gasteiger partial charge in [-0.05, 0) is 66.8 Å². The molecule has 0 unspecified atom stereocenters. The Hall–Kier alpha value is -3.49. The van der Waals surface area contributed by atoms with Gasteiger partial charge in [-0.3, -0.25) is 0 Å². The topological polar surface area (TPSA) is 118 Å². The number of aromatic nitrogens is 4. The summed E-state index contributed by atoms with van der Waals surface area (Å²) >= 11 is 0. The normalized spacial score (nSPS) is 13.2. The maximum atomic E-state index is 12.3. The standard InChI is InChI=1S/C20H15N5O2S/c21-28(26,27)20-18-7-5-16(24-18)10-14-3-1-12(22-14)9-13-2-4-15(23-13)11-17-6-8-19(20)25-17/h1-11,22,24H,(H2,21,26,27). The molecule has 138 valence electrons.